The normalized spacial score (nSPS) is 22.3. The highest BCUT2D eigenvalue weighted by Crippen LogP contribution is 2.22. The molecule has 1 saturated carbocycles. The number of nitrogens with zero attached hydrogens (tertiary/aromatic N) is 1. The first-order valence-electron chi connectivity index (χ1n) is 7.33. The van der Waals surface area contributed by atoms with E-state index in [-0.39, 0.29) is 0 Å². The SMILES string of the molecule is Cc1ccc(CN2CCC(NC3CC3)CC2)cc1. The van der Waals surface area contributed by atoms with Crippen molar-refractivity contribution in [2.75, 3.05) is 13.1 Å². The zero-order valence-electron chi connectivity index (χ0n) is 11.4. The molecule has 18 heavy (non-hydrogen) atoms. The van der Waals surface area contributed by atoms with Crippen molar-refractivity contribution in [3.63, 3.8) is 0 Å². The fourth-order valence-corrected chi connectivity index (χ4v) is 2.79. The van der Waals surface area contributed by atoms with E-state index in [1.807, 2.05) is 0 Å². The summed E-state index contributed by atoms with van der Waals surface area (Å²) in [6.07, 6.45) is 5.46. The summed E-state index contributed by atoms with van der Waals surface area (Å²) in [6.45, 7) is 5.77. The number of rotatable bonds is 4. The highest BCUT2D eigenvalue weighted by Gasteiger charge is 2.26. The van der Waals surface area contributed by atoms with E-state index in [9.17, 15) is 0 Å². The number of likely N-dealkylation sites (tertiary alicyclic amines) is 1. The number of nitrogens with one attached hydrogen (secondary N) is 1. The van der Waals surface area contributed by atoms with Gasteiger partial charge in [0.25, 0.3) is 0 Å². The van der Waals surface area contributed by atoms with Gasteiger partial charge < -0.3 is 5.32 Å². The molecule has 1 aliphatic heterocycles. The van der Waals surface area contributed by atoms with Gasteiger partial charge in [0.2, 0.25) is 0 Å². The van der Waals surface area contributed by atoms with Crippen LogP contribution in [0.2, 0.25) is 0 Å². The van der Waals surface area contributed by atoms with Gasteiger partial charge in [-0.05, 0) is 51.3 Å². The lowest BCUT2D eigenvalue weighted by Gasteiger charge is -2.32. The second kappa shape index (κ2) is 5.41. The van der Waals surface area contributed by atoms with Crippen LogP contribution in [0.15, 0.2) is 24.3 Å². The van der Waals surface area contributed by atoms with E-state index in [1.54, 1.807) is 0 Å². The molecule has 2 aliphatic rings. The molecule has 1 aliphatic carbocycles. The fourth-order valence-electron chi connectivity index (χ4n) is 2.79. The maximum Gasteiger partial charge on any atom is 0.0233 e. The minimum absolute atomic E-state index is 0.784. The lowest BCUT2D eigenvalue weighted by Crippen LogP contribution is -2.42. The molecular formula is C16H24N2. The van der Waals surface area contributed by atoms with Crippen LogP contribution < -0.4 is 5.32 Å². The molecule has 1 heterocycles. The van der Waals surface area contributed by atoms with Gasteiger partial charge in [-0.15, -0.1) is 0 Å². The summed E-state index contributed by atoms with van der Waals surface area (Å²) in [4.78, 5) is 2.59. The van der Waals surface area contributed by atoms with E-state index in [0.29, 0.717) is 0 Å². The standard InChI is InChI=1S/C16H24N2/c1-13-2-4-14(5-3-13)12-18-10-8-16(9-11-18)17-15-6-7-15/h2-5,15-17H,6-12H2,1H3. The predicted octanol–water partition coefficient (Wildman–Crippen LogP) is 2.71. The molecule has 0 radical (unpaired) electrons. The Labute approximate surface area is 110 Å². The van der Waals surface area contributed by atoms with Gasteiger partial charge in [-0.1, -0.05) is 29.8 Å². The molecule has 2 fully saturated rings. The van der Waals surface area contributed by atoms with Crippen LogP contribution in [0.5, 0.6) is 0 Å². The van der Waals surface area contributed by atoms with Crippen LogP contribution in [0, 0.1) is 6.92 Å². The lowest BCUT2D eigenvalue weighted by molar-refractivity contribution is 0.190. The minimum atomic E-state index is 0.784. The topological polar surface area (TPSA) is 15.3 Å². The Hall–Kier alpha value is -0.860. The molecule has 1 N–H and O–H groups in total. The molecule has 2 heteroatoms. The average molecular weight is 244 g/mol. The summed E-state index contributed by atoms with van der Waals surface area (Å²) in [5, 5.41) is 3.76. The zero-order valence-corrected chi connectivity index (χ0v) is 11.4. The van der Waals surface area contributed by atoms with Crippen LogP contribution in [0.3, 0.4) is 0 Å². The van der Waals surface area contributed by atoms with Crippen molar-refractivity contribution in [2.24, 2.45) is 0 Å². The van der Waals surface area contributed by atoms with E-state index in [0.717, 1.165) is 18.6 Å². The summed E-state index contributed by atoms with van der Waals surface area (Å²) >= 11 is 0. The van der Waals surface area contributed by atoms with Crippen LogP contribution in [0.25, 0.3) is 0 Å². The quantitative estimate of drug-likeness (QED) is 0.876. The zero-order chi connectivity index (χ0) is 12.4. The molecule has 3 rings (SSSR count). The monoisotopic (exact) mass is 244 g/mol. The molecular weight excluding hydrogens is 220 g/mol. The van der Waals surface area contributed by atoms with Crippen LogP contribution in [-0.2, 0) is 6.54 Å². The number of piperidine rings is 1. The van der Waals surface area contributed by atoms with E-state index in [4.69, 9.17) is 0 Å². The van der Waals surface area contributed by atoms with Gasteiger partial charge in [-0.2, -0.15) is 0 Å². The van der Waals surface area contributed by atoms with Gasteiger partial charge in [0.1, 0.15) is 0 Å². The Morgan fingerprint density at radius 3 is 2.22 bits per heavy atom. The Morgan fingerprint density at radius 1 is 1.00 bits per heavy atom. The third kappa shape index (κ3) is 3.33. The van der Waals surface area contributed by atoms with Gasteiger partial charge in [0.05, 0.1) is 0 Å². The summed E-state index contributed by atoms with van der Waals surface area (Å²) in [5.41, 5.74) is 2.81. The third-order valence-electron chi connectivity index (χ3n) is 4.16. The first kappa shape index (κ1) is 12.2. The number of hydrogen-bond acceptors (Lipinski definition) is 2. The molecule has 1 aromatic rings. The van der Waals surface area contributed by atoms with Crippen LogP contribution in [0.4, 0.5) is 0 Å². The van der Waals surface area contributed by atoms with Crippen molar-refractivity contribution in [2.45, 2.75) is 51.2 Å². The van der Waals surface area contributed by atoms with E-state index < -0.39 is 0 Å². The molecule has 98 valence electrons. The number of aryl methyl sites for hydroxylation is 1. The highest BCUT2D eigenvalue weighted by molar-refractivity contribution is 5.21. The molecule has 0 atom stereocenters. The Kier molecular flexibility index (Phi) is 3.67. The Balaban J connectivity index is 1.45. The van der Waals surface area contributed by atoms with Crippen molar-refractivity contribution in [1.82, 2.24) is 10.2 Å². The largest absolute Gasteiger partial charge is 0.311 e. The number of hydrogen-bond donors (Lipinski definition) is 1. The van der Waals surface area contributed by atoms with Crippen molar-refractivity contribution in [3.05, 3.63) is 35.4 Å². The fraction of sp³-hybridized carbons (Fsp3) is 0.625. The number of benzene rings is 1. The molecule has 0 amide bonds. The van der Waals surface area contributed by atoms with Crippen molar-refractivity contribution >= 4 is 0 Å². The van der Waals surface area contributed by atoms with E-state index >= 15 is 0 Å². The van der Waals surface area contributed by atoms with E-state index in [1.165, 1.54) is 49.9 Å². The Morgan fingerprint density at radius 2 is 1.61 bits per heavy atom. The maximum absolute atomic E-state index is 3.76. The maximum atomic E-state index is 3.76. The highest BCUT2D eigenvalue weighted by atomic mass is 15.1. The van der Waals surface area contributed by atoms with Crippen molar-refractivity contribution in [3.8, 4) is 0 Å². The summed E-state index contributed by atoms with van der Waals surface area (Å²) in [5.74, 6) is 0. The minimum Gasteiger partial charge on any atom is -0.311 e. The van der Waals surface area contributed by atoms with Crippen LogP contribution >= 0.6 is 0 Å². The molecule has 0 bridgehead atoms. The molecule has 0 spiro atoms. The molecule has 1 aromatic carbocycles. The van der Waals surface area contributed by atoms with E-state index in [2.05, 4.69) is 41.4 Å². The smallest absolute Gasteiger partial charge is 0.0233 e. The summed E-state index contributed by atoms with van der Waals surface area (Å²) in [6, 6.07) is 10.6. The van der Waals surface area contributed by atoms with Crippen LogP contribution in [0.1, 0.15) is 36.8 Å². The van der Waals surface area contributed by atoms with Crippen molar-refractivity contribution in [1.29, 1.82) is 0 Å². The first-order chi connectivity index (χ1) is 8.79. The van der Waals surface area contributed by atoms with Crippen LogP contribution in [-0.4, -0.2) is 30.1 Å². The first-order valence-corrected chi connectivity index (χ1v) is 7.33. The second-order valence-electron chi connectivity index (χ2n) is 5.98. The van der Waals surface area contributed by atoms with Gasteiger partial charge in [-0.25, -0.2) is 0 Å². The summed E-state index contributed by atoms with van der Waals surface area (Å²) in [7, 11) is 0. The lowest BCUT2D eigenvalue weighted by atomic mass is 10.0. The molecule has 1 saturated heterocycles. The molecule has 0 unspecified atom stereocenters. The molecule has 2 nitrogen and oxygen atoms in total. The predicted molar refractivity (Wildman–Crippen MR) is 75.6 cm³/mol. The molecule has 0 aromatic heterocycles. The second-order valence-corrected chi connectivity index (χ2v) is 5.98. The van der Waals surface area contributed by atoms with Gasteiger partial charge in [0.15, 0.2) is 0 Å². The average Bonchev–Trinajstić information content (AvgIpc) is 3.19. The van der Waals surface area contributed by atoms with Gasteiger partial charge in [-0.3, -0.25) is 4.90 Å². The van der Waals surface area contributed by atoms with Gasteiger partial charge in [0, 0.05) is 18.6 Å². The van der Waals surface area contributed by atoms with Crippen molar-refractivity contribution < 1.29 is 0 Å². The third-order valence-corrected chi connectivity index (χ3v) is 4.16. The summed E-state index contributed by atoms with van der Waals surface area (Å²) < 4.78 is 0. The van der Waals surface area contributed by atoms with Gasteiger partial charge >= 0.3 is 0 Å². The Bertz CT molecular complexity index is 373.